The number of carbonyl (C=O) groups is 1. The zero-order chi connectivity index (χ0) is 13.1. The molecule has 0 saturated heterocycles. The van der Waals surface area contributed by atoms with Crippen LogP contribution in [-0.2, 0) is 0 Å². The summed E-state index contributed by atoms with van der Waals surface area (Å²) in [5, 5.41) is 7.30. The zero-order valence-electron chi connectivity index (χ0n) is 9.96. The lowest BCUT2D eigenvalue weighted by atomic mass is 10.2. The molecule has 4 nitrogen and oxygen atoms in total. The Labute approximate surface area is 114 Å². The van der Waals surface area contributed by atoms with E-state index in [1.165, 1.54) is 11.5 Å². The molecule has 0 radical (unpaired) electrons. The van der Waals surface area contributed by atoms with Crippen LogP contribution in [0.4, 0.5) is 15.5 Å². The number of benzene rings is 2. The molecule has 0 unspecified atom stereocenters. The van der Waals surface area contributed by atoms with E-state index in [4.69, 9.17) is 0 Å². The van der Waals surface area contributed by atoms with Crippen LogP contribution in [0, 0.1) is 0 Å². The number of anilines is 2. The van der Waals surface area contributed by atoms with Gasteiger partial charge in [0.05, 0.1) is 5.52 Å². The fourth-order valence-electron chi connectivity index (χ4n) is 1.77. The highest BCUT2D eigenvalue weighted by Gasteiger charge is 2.08. The first-order valence-electron chi connectivity index (χ1n) is 5.80. The molecule has 3 aromatic rings. The average molecular weight is 269 g/mol. The first-order valence-corrected chi connectivity index (χ1v) is 6.58. The third kappa shape index (κ3) is 2.56. The molecule has 2 amide bonds. The van der Waals surface area contributed by atoms with E-state index in [-0.39, 0.29) is 6.03 Å². The molecular weight excluding hydrogens is 258 g/mol. The molecule has 19 heavy (non-hydrogen) atoms. The van der Waals surface area contributed by atoms with E-state index in [2.05, 4.69) is 15.0 Å². The van der Waals surface area contributed by atoms with Crippen LogP contribution in [0.3, 0.4) is 0 Å². The minimum absolute atomic E-state index is 0.263. The van der Waals surface area contributed by atoms with Crippen molar-refractivity contribution in [3.8, 4) is 0 Å². The zero-order valence-corrected chi connectivity index (χ0v) is 10.8. The van der Waals surface area contributed by atoms with Gasteiger partial charge in [-0.2, -0.15) is 4.37 Å². The predicted molar refractivity (Wildman–Crippen MR) is 78.7 cm³/mol. The maximum Gasteiger partial charge on any atom is 0.324 e. The number of urea groups is 1. The monoisotopic (exact) mass is 269 g/mol. The predicted octanol–water partition coefficient (Wildman–Crippen LogP) is 3.94. The van der Waals surface area contributed by atoms with Crippen LogP contribution in [0.1, 0.15) is 0 Å². The lowest BCUT2D eigenvalue weighted by Crippen LogP contribution is -2.18. The van der Waals surface area contributed by atoms with Gasteiger partial charge in [0.25, 0.3) is 0 Å². The number of rotatable bonds is 2. The van der Waals surface area contributed by atoms with Crippen molar-refractivity contribution in [2.75, 3.05) is 10.6 Å². The molecule has 94 valence electrons. The van der Waals surface area contributed by atoms with Crippen LogP contribution in [0.15, 0.2) is 54.6 Å². The Bertz CT molecular complexity index is 709. The van der Waals surface area contributed by atoms with Crippen molar-refractivity contribution in [3.63, 3.8) is 0 Å². The summed E-state index contributed by atoms with van der Waals surface area (Å²) in [6, 6.07) is 16.8. The van der Waals surface area contributed by atoms with Gasteiger partial charge in [-0.05, 0) is 35.8 Å². The third-order valence-electron chi connectivity index (χ3n) is 2.64. The Morgan fingerprint density at radius 2 is 1.68 bits per heavy atom. The first kappa shape index (κ1) is 11.7. The molecule has 0 fully saturated rings. The van der Waals surface area contributed by atoms with Crippen molar-refractivity contribution < 1.29 is 4.79 Å². The van der Waals surface area contributed by atoms with Gasteiger partial charge in [0, 0.05) is 11.1 Å². The second-order valence-corrected chi connectivity index (χ2v) is 4.75. The summed E-state index contributed by atoms with van der Waals surface area (Å²) in [7, 11) is 0. The molecular formula is C14H11N3OS. The second kappa shape index (κ2) is 5.07. The van der Waals surface area contributed by atoms with Crippen LogP contribution in [0.5, 0.6) is 0 Å². The fraction of sp³-hybridized carbons (Fsp3) is 0. The van der Waals surface area contributed by atoms with Crippen molar-refractivity contribution in [1.29, 1.82) is 0 Å². The minimum atomic E-state index is -0.263. The third-order valence-corrected chi connectivity index (χ3v) is 3.44. The molecule has 0 aliphatic heterocycles. The standard InChI is InChI=1S/C14H11N3OS/c18-14(15-10-6-2-1-3-7-10)16-13-11-8-4-5-9-12(11)17-19-13/h1-9H,(H2,15,16,18). The Morgan fingerprint density at radius 3 is 2.53 bits per heavy atom. The fourth-order valence-corrected chi connectivity index (χ4v) is 2.52. The summed E-state index contributed by atoms with van der Waals surface area (Å²) in [5.74, 6) is 0. The Morgan fingerprint density at radius 1 is 0.947 bits per heavy atom. The van der Waals surface area contributed by atoms with Crippen molar-refractivity contribution in [2.24, 2.45) is 0 Å². The highest BCUT2D eigenvalue weighted by atomic mass is 32.1. The Hall–Kier alpha value is -2.40. The molecule has 0 atom stereocenters. The summed E-state index contributed by atoms with van der Waals surface area (Å²) in [4.78, 5) is 11.9. The summed E-state index contributed by atoms with van der Waals surface area (Å²) >= 11 is 1.28. The van der Waals surface area contributed by atoms with Gasteiger partial charge in [0.15, 0.2) is 0 Å². The van der Waals surface area contributed by atoms with E-state index in [0.29, 0.717) is 0 Å². The van der Waals surface area contributed by atoms with Gasteiger partial charge in [-0.25, -0.2) is 4.79 Å². The number of fused-ring (bicyclic) bond motifs is 1. The molecule has 0 spiro atoms. The smallest absolute Gasteiger partial charge is 0.308 e. The van der Waals surface area contributed by atoms with Crippen LogP contribution in [-0.4, -0.2) is 10.4 Å². The number of aromatic nitrogens is 1. The van der Waals surface area contributed by atoms with E-state index >= 15 is 0 Å². The van der Waals surface area contributed by atoms with Gasteiger partial charge in [-0.1, -0.05) is 30.3 Å². The molecule has 1 aromatic heterocycles. The average Bonchev–Trinajstić information content (AvgIpc) is 2.83. The lowest BCUT2D eigenvalue weighted by Gasteiger charge is -2.05. The normalized spacial score (nSPS) is 10.3. The summed E-state index contributed by atoms with van der Waals surface area (Å²) in [6.07, 6.45) is 0. The molecule has 1 heterocycles. The number of hydrogen-bond donors (Lipinski definition) is 2. The number of nitrogens with one attached hydrogen (secondary N) is 2. The van der Waals surface area contributed by atoms with Crippen LogP contribution in [0.2, 0.25) is 0 Å². The highest BCUT2D eigenvalue weighted by molar-refractivity contribution is 7.12. The van der Waals surface area contributed by atoms with Crippen molar-refractivity contribution in [3.05, 3.63) is 54.6 Å². The molecule has 3 rings (SSSR count). The summed E-state index contributed by atoms with van der Waals surface area (Å²) < 4.78 is 4.28. The number of carbonyl (C=O) groups excluding carboxylic acids is 1. The van der Waals surface area contributed by atoms with Crippen LogP contribution >= 0.6 is 11.5 Å². The van der Waals surface area contributed by atoms with Crippen LogP contribution in [0.25, 0.3) is 10.9 Å². The number of para-hydroxylation sites is 1. The number of nitrogens with zero attached hydrogens (tertiary/aromatic N) is 1. The van der Waals surface area contributed by atoms with E-state index in [0.717, 1.165) is 21.6 Å². The van der Waals surface area contributed by atoms with Crippen molar-refractivity contribution in [1.82, 2.24) is 4.37 Å². The first-order chi connectivity index (χ1) is 9.33. The largest absolute Gasteiger partial charge is 0.324 e. The topological polar surface area (TPSA) is 54.0 Å². The van der Waals surface area contributed by atoms with Crippen LogP contribution < -0.4 is 10.6 Å². The second-order valence-electron chi connectivity index (χ2n) is 3.97. The molecule has 0 saturated carbocycles. The lowest BCUT2D eigenvalue weighted by molar-refractivity contribution is 0.262. The molecule has 0 aliphatic rings. The van der Waals surface area contributed by atoms with Gasteiger partial charge in [0.2, 0.25) is 0 Å². The van der Waals surface area contributed by atoms with Gasteiger partial charge < -0.3 is 5.32 Å². The Kier molecular flexibility index (Phi) is 3.12. The van der Waals surface area contributed by atoms with Crippen molar-refractivity contribution in [2.45, 2.75) is 0 Å². The van der Waals surface area contributed by atoms with Gasteiger partial charge >= 0.3 is 6.03 Å². The maximum absolute atomic E-state index is 11.9. The van der Waals surface area contributed by atoms with Crippen molar-refractivity contribution >= 4 is 39.2 Å². The minimum Gasteiger partial charge on any atom is -0.308 e. The van der Waals surface area contributed by atoms with Gasteiger partial charge in [-0.15, -0.1) is 0 Å². The summed E-state index contributed by atoms with van der Waals surface area (Å²) in [5.41, 5.74) is 1.65. The molecule has 2 aromatic carbocycles. The van der Waals surface area contributed by atoms with E-state index in [9.17, 15) is 4.79 Å². The number of amides is 2. The molecule has 0 aliphatic carbocycles. The van der Waals surface area contributed by atoms with E-state index in [1.807, 2.05) is 54.6 Å². The quantitative estimate of drug-likeness (QED) is 0.740. The summed E-state index contributed by atoms with van der Waals surface area (Å²) in [6.45, 7) is 0. The van der Waals surface area contributed by atoms with E-state index in [1.54, 1.807) is 0 Å². The SMILES string of the molecule is O=C(Nc1ccccc1)Nc1snc2ccccc12. The maximum atomic E-state index is 11.9. The highest BCUT2D eigenvalue weighted by Crippen LogP contribution is 2.27. The van der Waals surface area contributed by atoms with Gasteiger partial charge in [-0.3, -0.25) is 5.32 Å². The van der Waals surface area contributed by atoms with Gasteiger partial charge in [0.1, 0.15) is 5.00 Å². The Balaban J connectivity index is 1.76. The molecule has 0 bridgehead atoms. The molecule has 5 heteroatoms. The number of hydrogen-bond acceptors (Lipinski definition) is 3. The van der Waals surface area contributed by atoms with E-state index < -0.39 is 0 Å². The molecule has 2 N–H and O–H groups in total.